The first kappa shape index (κ1) is 23.2. The van der Waals surface area contributed by atoms with Crippen LogP contribution in [-0.2, 0) is 9.59 Å². The number of carbonyl (C=O) groups is 2. The summed E-state index contributed by atoms with van der Waals surface area (Å²) in [6, 6.07) is 17.3. The van der Waals surface area contributed by atoms with Crippen LogP contribution in [0, 0.1) is 11.7 Å². The second kappa shape index (κ2) is 10.7. The fourth-order valence-electron chi connectivity index (χ4n) is 3.34. The average Bonchev–Trinajstić information content (AvgIpc) is 3.20. The standard InChI is InChI=1S/C25H29FN4O2/c1-4-5-15-29(25(32)18(2)3)17-24(31)27-23-16-22(19-9-7-6-8-10-19)28-30(23)21-13-11-20(26)12-14-21/h6-14,16,18H,4-5,15,17H2,1-3H3,(H,27,31). The maximum Gasteiger partial charge on any atom is 0.245 e. The van der Waals surface area contributed by atoms with E-state index in [1.807, 2.05) is 51.1 Å². The monoisotopic (exact) mass is 436 g/mol. The van der Waals surface area contributed by atoms with E-state index in [-0.39, 0.29) is 30.1 Å². The summed E-state index contributed by atoms with van der Waals surface area (Å²) in [7, 11) is 0. The van der Waals surface area contributed by atoms with E-state index >= 15 is 0 Å². The molecule has 0 radical (unpaired) electrons. The van der Waals surface area contributed by atoms with Crippen LogP contribution in [-0.4, -0.2) is 39.6 Å². The molecule has 1 N–H and O–H groups in total. The highest BCUT2D eigenvalue weighted by Gasteiger charge is 2.21. The lowest BCUT2D eigenvalue weighted by atomic mass is 10.1. The third-order valence-electron chi connectivity index (χ3n) is 5.04. The van der Waals surface area contributed by atoms with Crippen molar-refractivity contribution in [3.8, 4) is 16.9 Å². The van der Waals surface area contributed by atoms with Gasteiger partial charge in [0.15, 0.2) is 0 Å². The Balaban J connectivity index is 1.88. The molecule has 1 aromatic heterocycles. The highest BCUT2D eigenvalue weighted by molar-refractivity contribution is 5.94. The van der Waals surface area contributed by atoms with Crippen molar-refractivity contribution in [2.75, 3.05) is 18.4 Å². The lowest BCUT2D eigenvalue weighted by Crippen LogP contribution is -2.40. The van der Waals surface area contributed by atoms with Crippen LogP contribution in [0.5, 0.6) is 0 Å². The Morgan fingerprint density at radius 2 is 1.78 bits per heavy atom. The lowest BCUT2D eigenvalue weighted by Gasteiger charge is -2.24. The minimum absolute atomic E-state index is 0.0354. The van der Waals surface area contributed by atoms with E-state index in [0.29, 0.717) is 23.7 Å². The lowest BCUT2D eigenvalue weighted by molar-refractivity contribution is -0.137. The van der Waals surface area contributed by atoms with Gasteiger partial charge in [0.25, 0.3) is 0 Å². The second-order valence-corrected chi connectivity index (χ2v) is 7.99. The first-order chi connectivity index (χ1) is 15.4. The quantitative estimate of drug-likeness (QED) is 0.519. The van der Waals surface area contributed by atoms with Crippen molar-refractivity contribution in [1.82, 2.24) is 14.7 Å². The van der Waals surface area contributed by atoms with E-state index in [1.165, 1.54) is 12.1 Å². The second-order valence-electron chi connectivity index (χ2n) is 7.99. The van der Waals surface area contributed by atoms with Crippen molar-refractivity contribution in [2.24, 2.45) is 5.92 Å². The summed E-state index contributed by atoms with van der Waals surface area (Å²) in [6.45, 7) is 6.20. The zero-order valence-corrected chi connectivity index (χ0v) is 18.7. The predicted molar refractivity (Wildman–Crippen MR) is 124 cm³/mol. The Morgan fingerprint density at radius 3 is 2.41 bits per heavy atom. The number of unbranched alkanes of at least 4 members (excludes halogenated alkanes) is 1. The van der Waals surface area contributed by atoms with Gasteiger partial charge in [-0.25, -0.2) is 9.07 Å². The number of hydrogen-bond acceptors (Lipinski definition) is 3. The minimum Gasteiger partial charge on any atom is -0.333 e. The molecule has 0 spiro atoms. The Labute approximate surface area is 188 Å². The molecule has 7 heteroatoms. The molecule has 3 aromatic rings. The van der Waals surface area contributed by atoms with Crippen LogP contribution in [0.15, 0.2) is 60.7 Å². The molecule has 1 heterocycles. The molecule has 0 aliphatic carbocycles. The van der Waals surface area contributed by atoms with Gasteiger partial charge in [0.05, 0.1) is 17.9 Å². The first-order valence-corrected chi connectivity index (χ1v) is 10.9. The summed E-state index contributed by atoms with van der Waals surface area (Å²) in [6.07, 6.45) is 1.76. The molecule has 0 fully saturated rings. The average molecular weight is 437 g/mol. The third-order valence-corrected chi connectivity index (χ3v) is 5.04. The number of halogens is 1. The van der Waals surface area contributed by atoms with E-state index in [1.54, 1.807) is 27.8 Å². The number of hydrogen-bond donors (Lipinski definition) is 1. The van der Waals surface area contributed by atoms with Crippen LogP contribution < -0.4 is 5.32 Å². The van der Waals surface area contributed by atoms with Crippen molar-refractivity contribution in [3.63, 3.8) is 0 Å². The van der Waals surface area contributed by atoms with Crippen molar-refractivity contribution >= 4 is 17.6 Å². The van der Waals surface area contributed by atoms with Gasteiger partial charge in [-0.1, -0.05) is 57.5 Å². The molecular weight excluding hydrogens is 407 g/mol. The molecule has 0 aliphatic rings. The SMILES string of the molecule is CCCCN(CC(=O)Nc1cc(-c2ccccc2)nn1-c1ccc(F)cc1)C(=O)C(C)C. The maximum atomic E-state index is 13.4. The summed E-state index contributed by atoms with van der Waals surface area (Å²) in [5.74, 6) is -0.445. The number of rotatable bonds is 9. The summed E-state index contributed by atoms with van der Waals surface area (Å²) in [4.78, 5) is 27.0. The van der Waals surface area contributed by atoms with Crippen LogP contribution in [0.1, 0.15) is 33.6 Å². The van der Waals surface area contributed by atoms with Crippen molar-refractivity contribution in [2.45, 2.75) is 33.6 Å². The summed E-state index contributed by atoms with van der Waals surface area (Å²) < 4.78 is 15.0. The van der Waals surface area contributed by atoms with E-state index in [4.69, 9.17) is 0 Å². The van der Waals surface area contributed by atoms with Gasteiger partial charge in [-0.15, -0.1) is 0 Å². The van der Waals surface area contributed by atoms with Crippen LogP contribution in [0.3, 0.4) is 0 Å². The largest absolute Gasteiger partial charge is 0.333 e. The molecule has 0 saturated heterocycles. The van der Waals surface area contributed by atoms with Crippen LogP contribution in [0.25, 0.3) is 16.9 Å². The molecule has 0 aliphatic heterocycles. The highest BCUT2D eigenvalue weighted by Crippen LogP contribution is 2.25. The molecule has 3 rings (SSSR count). The molecule has 168 valence electrons. The first-order valence-electron chi connectivity index (χ1n) is 10.9. The summed E-state index contributed by atoms with van der Waals surface area (Å²) in [5, 5.41) is 7.51. The van der Waals surface area contributed by atoms with Crippen LogP contribution in [0.2, 0.25) is 0 Å². The van der Waals surface area contributed by atoms with Gasteiger partial charge in [0.2, 0.25) is 11.8 Å². The van der Waals surface area contributed by atoms with Crippen molar-refractivity contribution < 1.29 is 14.0 Å². The van der Waals surface area contributed by atoms with E-state index < -0.39 is 0 Å². The van der Waals surface area contributed by atoms with Gasteiger partial charge >= 0.3 is 0 Å². The highest BCUT2D eigenvalue weighted by atomic mass is 19.1. The molecular formula is C25H29FN4O2. The van der Waals surface area contributed by atoms with Gasteiger partial charge in [-0.3, -0.25) is 9.59 Å². The predicted octanol–water partition coefficient (Wildman–Crippen LogP) is 4.90. The number of nitrogens with one attached hydrogen (secondary N) is 1. The Hall–Kier alpha value is -3.48. The number of benzene rings is 2. The number of carbonyl (C=O) groups excluding carboxylic acids is 2. The van der Waals surface area contributed by atoms with E-state index in [9.17, 15) is 14.0 Å². The molecule has 0 unspecified atom stereocenters. The Morgan fingerprint density at radius 1 is 1.09 bits per heavy atom. The van der Waals surface area contributed by atoms with Gasteiger partial charge in [0.1, 0.15) is 11.6 Å². The molecule has 32 heavy (non-hydrogen) atoms. The van der Waals surface area contributed by atoms with Crippen LogP contribution in [0.4, 0.5) is 10.2 Å². The topological polar surface area (TPSA) is 67.2 Å². The Bertz CT molecular complexity index is 1050. The number of amides is 2. The number of aromatic nitrogens is 2. The molecule has 0 saturated carbocycles. The zero-order chi connectivity index (χ0) is 23.1. The fourth-order valence-corrected chi connectivity index (χ4v) is 3.34. The summed E-state index contributed by atoms with van der Waals surface area (Å²) >= 11 is 0. The number of anilines is 1. The molecule has 6 nitrogen and oxygen atoms in total. The molecule has 0 atom stereocenters. The maximum absolute atomic E-state index is 13.4. The molecule has 0 bridgehead atoms. The normalized spacial score (nSPS) is 10.9. The van der Waals surface area contributed by atoms with Gasteiger partial charge < -0.3 is 10.2 Å². The Kier molecular flexibility index (Phi) is 7.76. The van der Waals surface area contributed by atoms with Crippen molar-refractivity contribution in [3.05, 3.63) is 66.5 Å². The third kappa shape index (κ3) is 5.81. The zero-order valence-electron chi connectivity index (χ0n) is 18.7. The summed E-state index contributed by atoms with van der Waals surface area (Å²) in [5.41, 5.74) is 2.18. The minimum atomic E-state index is -0.353. The molecule has 2 amide bonds. The van der Waals surface area contributed by atoms with Gasteiger partial charge in [-0.2, -0.15) is 5.10 Å². The van der Waals surface area contributed by atoms with E-state index in [2.05, 4.69) is 10.4 Å². The van der Waals surface area contributed by atoms with Gasteiger partial charge in [-0.05, 0) is 30.7 Å². The molecule has 2 aromatic carbocycles. The smallest absolute Gasteiger partial charge is 0.245 e. The fraction of sp³-hybridized carbons (Fsp3) is 0.320. The van der Waals surface area contributed by atoms with Gasteiger partial charge in [0, 0.05) is 24.1 Å². The van der Waals surface area contributed by atoms with Crippen molar-refractivity contribution in [1.29, 1.82) is 0 Å². The van der Waals surface area contributed by atoms with E-state index in [0.717, 1.165) is 18.4 Å². The number of nitrogens with zero attached hydrogens (tertiary/aromatic N) is 3. The van der Waals surface area contributed by atoms with Crippen LogP contribution >= 0.6 is 0 Å².